The third-order valence-electron chi connectivity index (χ3n) is 3.84. The zero-order valence-corrected chi connectivity index (χ0v) is 11.2. The van der Waals surface area contributed by atoms with Crippen LogP contribution < -0.4 is 5.32 Å². The molecule has 1 aliphatic rings. The smallest absolute Gasteiger partial charge is 0.227 e. The van der Waals surface area contributed by atoms with E-state index in [1.54, 1.807) is 0 Å². The Labute approximate surface area is 112 Å². The average Bonchev–Trinajstić information content (AvgIpc) is 2.81. The third-order valence-corrected chi connectivity index (χ3v) is 3.84. The summed E-state index contributed by atoms with van der Waals surface area (Å²) in [6, 6.07) is 3.85. The van der Waals surface area contributed by atoms with Crippen LogP contribution in [0.15, 0.2) is 24.5 Å². The molecule has 4 heteroatoms. The quantitative estimate of drug-likeness (QED) is 0.898. The normalized spacial score (nSPS) is 16.7. The van der Waals surface area contributed by atoms with Crippen molar-refractivity contribution >= 4 is 17.2 Å². The molecule has 0 aromatic carbocycles. The number of aromatic nitrogens is 2. The van der Waals surface area contributed by atoms with Gasteiger partial charge in [-0.2, -0.15) is 0 Å². The number of pyridine rings is 1. The molecule has 0 atom stereocenters. The molecule has 1 saturated carbocycles. The first kappa shape index (κ1) is 12.2. The van der Waals surface area contributed by atoms with Gasteiger partial charge in [0.2, 0.25) is 5.91 Å². The highest BCUT2D eigenvalue weighted by Crippen LogP contribution is 2.25. The van der Waals surface area contributed by atoms with E-state index in [2.05, 4.69) is 10.3 Å². The number of fused-ring (bicyclic) bond motifs is 1. The fourth-order valence-corrected chi connectivity index (χ4v) is 2.83. The van der Waals surface area contributed by atoms with Crippen molar-refractivity contribution < 1.29 is 4.79 Å². The number of imidazole rings is 1. The molecule has 1 N–H and O–H groups in total. The van der Waals surface area contributed by atoms with Crippen molar-refractivity contribution in [3.8, 4) is 0 Å². The summed E-state index contributed by atoms with van der Waals surface area (Å²) in [5, 5.41) is 3.05. The lowest BCUT2D eigenvalue weighted by atomic mass is 9.88. The predicted molar refractivity (Wildman–Crippen MR) is 75.1 cm³/mol. The van der Waals surface area contributed by atoms with Crippen molar-refractivity contribution in [2.24, 2.45) is 5.92 Å². The average molecular weight is 257 g/mol. The van der Waals surface area contributed by atoms with E-state index in [9.17, 15) is 4.79 Å². The molecule has 2 aromatic rings. The second-order valence-corrected chi connectivity index (χ2v) is 5.36. The van der Waals surface area contributed by atoms with Crippen LogP contribution in [-0.2, 0) is 4.79 Å². The van der Waals surface area contributed by atoms with Crippen LogP contribution in [0.4, 0.5) is 5.69 Å². The van der Waals surface area contributed by atoms with Crippen molar-refractivity contribution in [3.63, 3.8) is 0 Å². The van der Waals surface area contributed by atoms with Crippen molar-refractivity contribution in [2.75, 3.05) is 5.32 Å². The van der Waals surface area contributed by atoms with Crippen LogP contribution in [0.2, 0.25) is 0 Å². The Kier molecular flexibility index (Phi) is 3.23. The first-order valence-electron chi connectivity index (χ1n) is 6.99. The van der Waals surface area contributed by atoms with Gasteiger partial charge in [0.25, 0.3) is 0 Å². The van der Waals surface area contributed by atoms with E-state index in [0.29, 0.717) is 0 Å². The molecule has 0 radical (unpaired) electrons. The molecule has 4 nitrogen and oxygen atoms in total. The zero-order chi connectivity index (χ0) is 13.2. The summed E-state index contributed by atoms with van der Waals surface area (Å²) >= 11 is 0. The summed E-state index contributed by atoms with van der Waals surface area (Å²) in [4.78, 5) is 16.7. The van der Waals surface area contributed by atoms with E-state index in [-0.39, 0.29) is 11.8 Å². The van der Waals surface area contributed by atoms with E-state index in [0.717, 1.165) is 29.9 Å². The van der Waals surface area contributed by atoms with Gasteiger partial charge in [-0.05, 0) is 31.9 Å². The van der Waals surface area contributed by atoms with Gasteiger partial charge in [-0.3, -0.25) is 4.79 Å². The molecule has 0 aliphatic heterocycles. The molecule has 0 bridgehead atoms. The van der Waals surface area contributed by atoms with Gasteiger partial charge in [0.1, 0.15) is 0 Å². The molecule has 2 aromatic heterocycles. The molecular formula is C15H19N3O. The molecule has 0 spiro atoms. The fourth-order valence-electron chi connectivity index (χ4n) is 2.83. The Morgan fingerprint density at radius 2 is 2.16 bits per heavy atom. The van der Waals surface area contributed by atoms with Crippen molar-refractivity contribution in [3.05, 3.63) is 30.2 Å². The standard InChI is InChI=1S/C15H19N3O/c1-11-10-18-9-5-8-13(14(18)16-11)17-15(19)12-6-3-2-4-7-12/h5,8-10,12H,2-4,6-7H2,1H3,(H,17,19). The molecule has 3 rings (SSSR count). The van der Waals surface area contributed by atoms with E-state index in [4.69, 9.17) is 0 Å². The first-order valence-corrected chi connectivity index (χ1v) is 6.99. The largest absolute Gasteiger partial charge is 0.323 e. The van der Waals surface area contributed by atoms with Crippen molar-refractivity contribution in [1.82, 2.24) is 9.38 Å². The lowest BCUT2D eigenvalue weighted by molar-refractivity contribution is -0.120. The molecule has 1 fully saturated rings. The lowest BCUT2D eigenvalue weighted by Crippen LogP contribution is -2.24. The SMILES string of the molecule is Cc1cn2cccc(NC(=O)C3CCCCC3)c2n1. The van der Waals surface area contributed by atoms with Gasteiger partial charge in [-0.15, -0.1) is 0 Å². The number of nitrogens with one attached hydrogen (secondary N) is 1. The van der Waals surface area contributed by atoms with Crippen molar-refractivity contribution in [1.29, 1.82) is 0 Å². The van der Waals surface area contributed by atoms with Crippen LogP contribution in [0.1, 0.15) is 37.8 Å². The first-order chi connectivity index (χ1) is 9.24. The Hall–Kier alpha value is -1.84. The van der Waals surface area contributed by atoms with Gasteiger partial charge in [-0.1, -0.05) is 19.3 Å². The summed E-state index contributed by atoms with van der Waals surface area (Å²) in [6.45, 7) is 1.96. The Morgan fingerprint density at radius 1 is 1.37 bits per heavy atom. The van der Waals surface area contributed by atoms with Crippen LogP contribution in [0.5, 0.6) is 0 Å². The van der Waals surface area contributed by atoms with Gasteiger partial charge in [0, 0.05) is 18.3 Å². The van der Waals surface area contributed by atoms with E-state index >= 15 is 0 Å². The molecule has 100 valence electrons. The minimum absolute atomic E-state index is 0.147. The summed E-state index contributed by atoms with van der Waals surface area (Å²) in [5.41, 5.74) is 2.59. The minimum atomic E-state index is 0.147. The summed E-state index contributed by atoms with van der Waals surface area (Å²) in [5.74, 6) is 0.318. The Morgan fingerprint density at radius 3 is 2.95 bits per heavy atom. The van der Waals surface area contributed by atoms with Gasteiger partial charge in [-0.25, -0.2) is 4.98 Å². The van der Waals surface area contributed by atoms with Gasteiger partial charge < -0.3 is 9.72 Å². The Bertz CT molecular complexity index is 596. The monoisotopic (exact) mass is 257 g/mol. The second kappa shape index (κ2) is 5.03. The predicted octanol–water partition coefficient (Wildman–Crippen LogP) is 3.16. The highest BCUT2D eigenvalue weighted by molar-refractivity contribution is 5.95. The number of rotatable bonds is 2. The summed E-state index contributed by atoms with van der Waals surface area (Å²) < 4.78 is 1.95. The second-order valence-electron chi connectivity index (χ2n) is 5.36. The van der Waals surface area contributed by atoms with Crippen molar-refractivity contribution in [2.45, 2.75) is 39.0 Å². The van der Waals surface area contributed by atoms with E-state index in [1.807, 2.05) is 35.9 Å². The topological polar surface area (TPSA) is 46.4 Å². The number of hydrogen-bond donors (Lipinski definition) is 1. The molecule has 1 aliphatic carbocycles. The van der Waals surface area contributed by atoms with E-state index < -0.39 is 0 Å². The molecule has 0 saturated heterocycles. The number of amides is 1. The highest BCUT2D eigenvalue weighted by Gasteiger charge is 2.21. The van der Waals surface area contributed by atoms with Gasteiger partial charge >= 0.3 is 0 Å². The maximum absolute atomic E-state index is 12.3. The van der Waals surface area contributed by atoms with Crippen LogP contribution in [0.25, 0.3) is 5.65 Å². The third kappa shape index (κ3) is 2.48. The van der Waals surface area contributed by atoms with Crippen LogP contribution >= 0.6 is 0 Å². The maximum Gasteiger partial charge on any atom is 0.227 e. The minimum Gasteiger partial charge on any atom is -0.323 e. The fraction of sp³-hybridized carbons (Fsp3) is 0.467. The number of nitrogens with zero attached hydrogens (tertiary/aromatic N) is 2. The molecule has 19 heavy (non-hydrogen) atoms. The molecular weight excluding hydrogens is 238 g/mol. The zero-order valence-electron chi connectivity index (χ0n) is 11.2. The number of carbonyl (C=O) groups is 1. The van der Waals surface area contributed by atoms with E-state index in [1.165, 1.54) is 19.3 Å². The number of carbonyl (C=O) groups excluding carboxylic acids is 1. The lowest BCUT2D eigenvalue weighted by Gasteiger charge is -2.20. The number of anilines is 1. The van der Waals surface area contributed by atoms with Crippen LogP contribution in [0, 0.1) is 12.8 Å². The Balaban J connectivity index is 1.82. The molecule has 1 amide bonds. The maximum atomic E-state index is 12.3. The number of hydrogen-bond acceptors (Lipinski definition) is 2. The van der Waals surface area contributed by atoms with Gasteiger partial charge in [0.05, 0.1) is 11.4 Å². The summed E-state index contributed by atoms with van der Waals surface area (Å²) in [6.07, 6.45) is 9.55. The highest BCUT2D eigenvalue weighted by atomic mass is 16.1. The van der Waals surface area contributed by atoms with Crippen LogP contribution in [0.3, 0.4) is 0 Å². The molecule has 2 heterocycles. The van der Waals surface area contributed by atoms with Gasteiger partial charge in [0.15, 0.2) is 5.65 Å². The summed E-state index contributed by atoms with van der Waals surface area (Å²) in [7, 11) is 0. The molecule has 0 unspecified atom stereocenters. The van der Waals surface area contributed by atoms with Crippen LogP contribution in [-0.4, -0.2) is 15.3 Å². The number of aryl methyl sites for hydroxylation is 1.